The van der Waals surface area contributed by atoms with Crippen molar-refractivity contribution in [2.24, 2.45) is 11.1 Å². The third kappa shape index (κ3) is 5.74. The van der Waals surface area contributed by atoms with Gasteiger partial charge in [0, 0.05) is 24.4 Å². The molecule has 1 aromatic rings. The fourth-order valence-corrected chi connectivity index (χ4v) is 3.66. The number of rotatable bonds is 8. The molecule has 0 aromatic carbocycles. The average molecular weight is 457 g/mol. The lowest BCUT2D eigenvalue weighted by Gasteiger charge is -2.23. The SMILES string of the molecule is CC/C=C/C(=C\c1cnc(NC(=O)C2CC2(F)F)cc1C)C1=CNC(/C(CC)=N\O)C=C1C. The topological polar surface area (TPSA) is 86.6 Å². The van der Waals surface area contributed by atoms with Crippen molar-refractivity contribution < 1.29 is 18.8 Å². The first-order valence-electron chi connectivity index (χ1n) is 11.1. The minimum atomic E-state index is -2.91. The van der Waals surface area contributed by atoms with E-state index in [2.05, 4.69) is 33.8 Å². The molecule has 33 heavy (non-hydrogen) atoms. The molecular formula is C25H30F2N4O2. The van der Waals surface area contributed by atoms with Crippen LogP contribution in [0, 0.1) is 12.8 Å². The van der Waals surface area contributed by atoms with Crippen molar-refractivity contribution >= 4 is 23.5 Å². The van der Waals surface area contributed by atoms with Crippen LogP contribution < -0.4 is 10.6 Å². The minimum Gasteiger partial charge on any atom is -0.411 e. The van der Waals surface area contributed by atoms with Crippen LogP contribution in [0.15, 0.2) is 58.6 Å². The van der Waals surface area contributed by atoms with Crippen molar-refractivity contribution in [3.05, 3.63) is 64.5 Å². The summed E-state index contributed by atoms with van der Waals surface area (Å²) in [5, 5.41) is 18.4. The Balaban J connectivity index is 1.84. The molecule has 1 aliphatic carbocycles. The Bertz CT molecular complexity index is 1070. The van der Waals surface area contributed by atoms with Crippen molar-refractivity contribution in [3.63, 3.8) is 0 Å². The van der Waals surface area contributed by atoms with E-state index in [1.807, 2.05) is 45.2 Å². The van der Waals surface area contributed by atoms with E-state index in [1.54, 1.807) is 12.3 Å². The molecule has 0 saturated heterocycles. The van der Waals surface area contributed by atoms with Gasteiger partial charge in [-0.15, -0.1) is 0 Å². The maximum Gasteiger partial charge on any atom is 0.260 e. The zero-order valence-corrected chi connectivity index (χ0v) is 19.3. The highest BCUT2D eigenvalue weighted by molar-refractivity contribution is 5.94. The number of anilines is 1. The Hall–Kier alpha value is -3.29. The Labute approximate surface area is 192 Å². The standard InChI is InChI=1S/C25H30F2N4O2/c1-5-7-8-17(19-14-28-22(9-16(19)4)21(6-2)31-33)11-18-13-29-23(10-15(18)3)30-24(32)20-12-25(20,26)27/h7-11,13-14,20,22,28,33H,5-6,12H2,1-4H3,(H,29,30,32)/b8-7+,17-11+,31-21-. The molecule has 2 atom stereocenters. The molecule has 0 bridgehead atoms. The number of carbonyl (C=O) groups excluding carboxylic acids is 1. The van der Waals surface area contributed by atoms with Gasteiger partial charge in [0.2, 0.25) is 5.91 Å². The van der Waals surface area contributed by atoms with Crippen LogP contribution in [-0.2, 0) is 4.79 Å². The molecule has 176 valence electrons. The Kier molecular flexibility index (Phi) is 7.46. The molecule has 2 unspecified atom stereocenters. The van der Waals surface area contributed by atoms with Crippen molar-refractivity contribution in [1.82, 2.24) is 10.3 Å². The van der Waals surface area contributed by atoms with Gasteiger partial charge in [-0.25, -0.2) is 13.8 Å². The summed E-state index contributed by atoms with van der Waals surface area (Å²) >= 11 is 0. The van der Waals surface area contributed by atoms with Crippen LogP contribution in [0.5, 0.6) is 0 Å². The minimum absolute atomic E-state index is 0.162. The maximum atomic E-state index is 13.1. The van der Waals surface area contributed by atoms with Crippen molar-refractivity contribution in [2.45, 2.75) is 58.9 Å². The smallest absolute Gasteiger partial charge is 0.260 e. The summed E-state index contributed by atoms with van der Waals surface area (Å²) in [4.78, 5) is 16.2. The molecule has 2 heterocycles. The van der Waals surface area contributed by atoms with Gasteiger partial charge in [0.15, 0.2) is 0 Å². The molecule has 1 saturated carbocycles. The van der Waals surface area contributed by atoms with Gasteiger partial charge in [-0.1, -0.05) is 37.2 Å². The van der Waals surface area contributed by atoms with Crippen LogP contribution in [0.1, 0.15) is 51.2 Å². The number of nitrogens with one attached hydrogen (secondary N) is 2. The Morgan fingerprint density at radius 3 is 2.67 bits per heavy atom. The van der Waals surface area contributed by atoms with E-state index < -0.39 is 24.2 Å². The zero-order chi connectivity index (χ0) is 24.2. The van der Waals surface area contributed by atoms with Gasteiger partial charge >= 0.3 is 0 Å². The number of hydrogen-bond acceptors (Lipinski definition) is 5. The predicted octanol–water partition coefficient (Wildman–Crippen LogP) is 5.38. The molecule has 1 aliphatic heterocycles. The number of allylic oxidation sites excluding steroid dienone is 5. The highest BCUT2D eigenvalue weighted by atomic mass is 19.3. The van der Waals surface area contributed by atoms with Gasteiger partial charge in [-0.3, -0.25) is 4.79 Å². The first kappa shape index (κ1) is 24.4. The monoisotopic (exact) mass is 456 g/mol. The van der Waals surface area contributed by atoms with E-state index >= 15 is 0 Å². The predicted molar refractivity (Wildman–Crippen MR) is 126 cm³/mol. The maximum absolute atomic E-state index is 13.1. The molecular weight excluding hydrogens is 426 g/mol. The second-order valence-electron chi connectivity index (χ2n) is 8.34. The van der Waals surface area contributed by atoms with Gasteiger partial charge in [-0.2, -0.15) is 0 Å². The van der Waals surface area contributed by atoms with E-state index in [1.165, 1.54) is 0 Å². The van der Waals surface area contributed by atoms with Crippen LogP contribution >= 0.6 is 0 Å². The fourth-order valence-electron chi connectivity index (χ4n) is 3.66. The van der Waals surface area contributed by atoms with E-state index in [4.69, 9.17) is 0 Å². The van der Waals surface area contributed by atoms with Gasteiger partial charge in [0.1, 0.15) is 11.7 Å². The molecule has 1 amide bonds. The molecule has 3 N–H and O–H groups in total. The molecule has 6 nitrogen and oxygen atoms in total. The number of nitrogens with zero attached hydrogens (tertiary/aromatic N) is 2. The second-order valence-corrected chi connectivity index (χ2v) is 8.34. The van der Waals surface area contributed by atoms with Crippen LogP contribution in [0.3, 0.4) is 0 Å². The normalized spacial score (nSPS) is 22.5. The van der Waals surface area contributed by atoms with Crippen LogP contribution in [0.4, 0.5) is 14.6 Å². The summed E-state index contributed by atoms with van der Waals surface area (Å²) in [6.07, 6.45) is 12.8. The molecule has 1 aromatic heterocycles. The van der Waals surface area contributed by atoms with Crippen LogP contribution in [-0.4, -0.2) is 33.8 Å². The number of halogens is 2. The molecule has 8 heteroatoms. The van der Waals surface area contributed by atoms with Gasteiger partial charge in [-0.05, 0) is 61.1 Å². The van der Waals surface area contributed by atoms with Gasteiger partial charge < -0.3 is 15.8 Å². The lowest BCUT2D eigenvalue weighted by atomic mass is 9.92. The average Bonchev–Trinajstić information content (AvgIpc) is 3.42. The Morgan fingerprint density at radius 1 is 1.39 bits per heavy atom. The van der Waals surface area contributed by atoms with Crippen LogP contribution in [0.25, 0.3) is 6.08 Å². The lowest BCUT2D eigenvalue weighted by Crippen LogP contribution is -2.34. The highest BCUT2D eigenvalue weighted by Gasteiger charge is 2.61. The van der Waals surface area contributed by atoms with E-state index in [0.29, 0.717) is 12.1 Å². The number of carbonyl (C=O) groups is 1. The third-order valence-corrected chi connectivity index (χ3v) is 5.80. The molecule has 3 rings (SSSR count). The summed E-state index contributed by atoms with van der Waals surface area (Å²) in [6, 6.07) is 1.52. The fraction of sp³-hybridized carbons (Fsp3) is 0.400. The summed E-state index contributed by atoms with van der Waals surface area (Å²) in [7, 11) is 0. The highest BCUT2D eigenvalue weighted by Crippen LogP contribution is 2.49. The van der Waals surface area contributed by atoms with Gasteiger partial charge in [0.25, 0.3) is 5.92 Å². The summed E-state index contributed by atoms with van der Waals surface area (Å²) < 4.78 is 26.3. The number of aryl methyl sites for hydroxylation is 1. The van der Waals surface area contributed by atoms with E-state index in [-0.39, 0.29) is 11.9 Å². The Morgan fingerprint density at radius 2 is 2.12 bits per heavy atom. The quantitative estimate of drug-likeness (QED) is 0.212. The summed E-state index contributed by atoms with van der Waals surface area (Å²) in [5.41, 5.74) is 5.37. The summed E-state index contributed by atoms with van der Waals surface area (Å²) in [6.45, 7) is 7.88. The number of oxime groups is 1. The third-order valence-electron chi connectivity index (χ3n) is 5.80. The molecule has 1 fully saturated rings. The second kappa shape index (κ2) is 10.1. The van der Waals surface area contributed by atoms with E-state index in [9.17, 15) is 18.8 Å². The van der Waals surface area contributed by atoms with Crippen molar-refractivity contribution in [1.29, 1.82) is 0 Å². The van der Waals surface area contributed by atoms with Crippen LogP contribution in [0.2, 0.25) is 0 Å². The zero-order valence-electron chi connectivity index (χ0n) is 19.3. The number of amides is 1. The lowest BCUT2D eigenvalue weighted by molar-refractivity contribution is -0.119. The number of hydrogen-bond donors (Lipinski definition) is 3. The molecule has 0 spiro atoms. The van der Waals surface area contributed by atoms with Crippen molar-refractivity contribution in [3.8, 4) is 0 Å². The molecule has 2 aliphatic rings. The number of aromatic nitrogens is 1. The first-order valence-corrected chi connectivity index (χ1v) is 11.1. The van der Waals surface area contributed by atoms with E-state index in [0.717, 1.165) is 34.3 Å². The number of pyridine rings is 1. The van der Waals surface area contributed by atoms with Gasteiger partial charge in [0.05, 0.1) is 11.8 Å². The largest absolute Gasteiger partial charge is 0.411 e. The number of dihydropyridines is 1. The number of alkyl halides is 2. The first-order chi connectivity index (χ1) is 15.7. The molecule has 0 radical (unpaired) electrons. The van der Waals surface area contributed by atoms with Crippen molar-refractivity contribution in [2.75, 3.05) is 5.32 Å². The summed E-state index contributed by atoms with van der Waals surface area (Å²) in [5.74, 6) is -4.61.